The van der Waals surface area contributed by atoms with Crippen molar-refractivity contribution in [2.45, 2.75) is 19.9 Å². The summed E-state index contributed by atoms with van der Waals surface area (Å²) in [5.41, 5.74) is 0.853. The first-order chi connectivity index (χ1) is 8.74. The van der Waals surface area contributed by atoms with Gasteiger partial charge < -0.3 is 9.30 Å². The van der Waals surface area contributed by atoms with Crippen molar-refractivity contribution in [3.63, 3.8) is 0 Å². The van der Waals surface area contributed by atoms with Crippen LogP contribution in [0.3, 0.4) is 0 Å². The first kappa shape index (κ1) is 12.3. The van der Waals surface area contributed by atoms with E-state index in [1.807, 2.05) is 17.6 Å². The Morgan fingerprint density at radius 2 is 2.22 bits per heavy atom. The minimum Gasteiger partial charge on any atom is -0.481 e. The maximum absolute atomic E-state index is 12.1. The number of hydrogen-bond acceptors (Lipinski definition) is 4. The zero-order chi connectivity index (χ0) is 13.0. The Morgan fingerprint density at radius 1 is 1.39 bits per heavy atom. The maximum atomic E-state index is 12.1. The Kier molecular flexibility index (Phi) is 3.72. The van der Waals surface area contributed by atoms with Crippen LogP contribution in [0.5, 0.6) is 5.88 Å². The molecule has 0 unspecified atom stereocenters. The van der Waals surface area contributed by atoms with Gasteiger partial charge in [-0.25, -0.2) is 9.97 Å². The molecule has 5 heteroatoms. The topological polar surface area (TPSA) is 57.0 Å². The molecule has 0 fully saturated rings. The molecule has 0 aliphatic carbocycles. The smallest absolute Gasteiger partial charge is 0.212 e. The fourth-order valence-electron chi connectivity index (χ4n) is 1.72. The highest BCUT2D eigenvalue weighted by Gasteiger charge is 2.12. The van der Waals surface area contributed by atoms with Crippen LogP contribution in [-0.4, -0.2) is 27.4 Å². The molecule has 0 aliphatic rings. The van der Waals surface area contributed by atoms with Crippen LogP contribution in [0.1, 0.15) is 23.1 Å². The Hall–Kier alpha value is -2.17. The number of pyridine rings is 1. The number of ketones is 1. The van der Waals surface area contributed by atoms with E-state index in [-0.39, 0.29) is 5.78 Å². The number of ether oxygens (including phenoxy) is 1. The number of carbonyl (C=O) groups excluding carboxylic acids is 1. The van der Waals surface area contributed by atoms with Crippen LogP contribution in [0.15, 0.2) is 30.7 Å². The number of Topliss-reactive ketones (excluding diaryl/α,β-unsaturated/α-hetero) is 1. The quantitative estimate of drug-likeness (QED) is 0.753. The summed E-state index contributed by atoms with van der Waals surface area (Å²) in [6.45, 7) is 2.72. The Labute approximate surface area is 105 Å². The second-order valence-electron chi connectivity index (χ2n) is 3.85. The predicted octanol–water partition coefficient (Wildman–Crippen LogP) is 1.73. The molecular formula is C13H15N3O2. The fraction of sp³-hybridized carbons (Fsp3) is 0.308. The van der Waals surface area contributed by atoms with Gasteiger partial charge in [0.1, 0.15) is 0 Å². The van der Waals surface area contributed by atoms with E-state index >= 15 is 0 Å². The van der Waals surface area contributed by atoms with Crippen LogP contribution in [-0.2, 0) is 13.0 Å². The summed E-state index contributed by atoms with van der Waals surface area (Å²) in [6, 6.07) is 3.58. The van der Waals surface area contributed by atoms with Crippen LogP contribution in [0, 0.1) is 0 Å². The lowest BCUT2D eigenvalue weighted by molar-refractivity contribution is 0.0979. The van der Waals surface area contributed by atoms with Crippen molar-refractivity contribution in [3.05, 3.63) is 42.1 Å². The minimum absolute atomic E-state index is 0.00573. The molecule has 2 aromatic rings. The highest BCUT2D eigenvalue weighted by molar-refractivity contribution is 5.94. The number of rotatable bonds is 5. The average molecular weight is 245 g/mol. The standard InChI is InChI=1S/C13H15N3O2/c1-3-16-7-6-14-13(16)11(17)8-10-4-5-12(18-2)15-9-10/h4-7,9H,3,8H2,1-2H3. The number of nitrogens with zero attached hydrogens (tertiary/aromatic N) is 3. The van der Waals surface area contributed by atoms with Gasteiger partial charge in [-0.15, -0.1) is 0 Å². The van der Waals surface area contributed by atoms with Gasteiger partial charge in [-0.3, -0.25) is 4.79 Å². The third kappa shape index (κ3) is 2.56. The highest BCUT2D eigenvalue weighted by atomic mass is 16.5. The Morgan fingerprint density at radius 3 is 2.83 bits per heavy atom. The van der Waals surface area contributed by atoms with Crippen LogP contribution in [0.2, 0.25) is 0 Å². The van der Waals surface area contributed by atoms with E-state index in [2.05, 4.69) is 9.97 Å². The molecule has 18 heavy (non-hydrogen) atoms. The molecule has 0 atom stereocenters. The number of imidazole rings is 1. The maximum Gasteiger partial charge on any atom is 0.212 e. The van der Waals surface area contributed by atoms with Crippen molar-refractivity contribution in [2.24, 2.45) is 0 Å². The fourth-order valence-corrected chi connectivity index (χ4v) is 1.72. The summed E-state index contributed by atoms with van der Waals surface area (Å²) >= 11 is 0. The molecule has 0 saturated carbocycles. The van der Waals surface area contributed by atoms with Gasteiger partial charge in [0.15, 0.2) is 5.82 Å². The monoisotopic (exact) mass is 245 g/mol. The van der Waals surface area contributed by atoms with Crippen molar-refractivity contribution in [1.29, 1.82) is 0 Å². The summed E-state index contributed by atoms with van der Waals surface area (Å²) in [5, 5.41) is 0. The predicted molar refractivity (Wildman–Crippen MR) is 66.7 cm³/mol. The van der Waals surface area contributed by atoms with Crippen molar-refractivity contribution in [2.75, 3.05) is 7.11 Å². The van der Waals surface area contributed by atoms with Gasteiger partial charge in [0.25, 0.3) is 0 Å². The largest absolute Gasteiger partial charge is 0.481 e. The summed E-state index contributed by atoms with van der Waals surface area (Å²) in [5.74, 6) is 1.03. The number of aryl methyl sites for hydroxylation is 1. The lowest BCUT2D eigenvalue weighted by atomic mass is 10.1. The SMILES string of the molecule is CCn1ccnc1C(=O)Cc1ccc(OC)nc1. The van der Waals surface area contributed by atoms with Crippen LogP contribution in [0.4, 0.5) is 0 Å². The molecule has 0 amide bonds. The number of hydrogen-bond donors (Lipinski definition) is 0. The molecule has 2 rings (SSSR count). The molecule has 0 saturated heterocycles. The molecule has 5 nitrogen and oxygen atoms in total. The average Bonchev–Trinajstić information content (AvgIpc) is 2.88. The van der Waals surface area contributed by atoms with Crippen molar-refractivity contribution < 1.29 is 9.53 Å². The lowest BCUT2D eigenvalue weighted by Gasteiger charge is -2.04. The van der Waals surface area contributed by atoms with Gasteiger partial charge in [0.2, 0.25) is 11.7 Å². The molecule has 0 radical (unpaired) electrons. The molecule has 0 N–H and O–H groups in total. The van der Waals surface area contributed by atoms with Crippen LogP contribution >= 0.6 is 0 Å². The van der Waals surface area contributed by atoms with E-state index in [1.54, 1.807) is 31.8 Å². The van der Waals surface area contributed by atoms with E-state index in [1.165, 1.54) is 0 Å². The lowest BCUT2D eigenvalue weighted by Crippen LogP contribution is -2.11. The van der Waals surface area contributed by atoms with E-state index in [9.17, 15) is 4.79 Å². The van der Waals surface area contributed by atoms with Crippen LogP contribution < -0.4 is 4.74 Å². The number of carbonyl (C=O) groups is 1. The van der Waals surface area contributed by atoms with Gasteiger partial charge in [-0.2, -0.15) is 0 Å². The van der Waals surface area contributed by atoms with Gasteiger partial charge in [0, 0.05) is 37.6 Å². The molecule has 0 bridgehead atoms. The van der Waals surface area contributed by atoms with E-state index in [0.717, 1.165) is 12.1 Å². The van der Waals surface area contributed by atoms with Crippen LogP contribution in [0.25, 0.3) is 0 Å². The van der Waals surface area contributed by atoms with E-state index < -0.39 is 0 Å². The normalized spacial score (nSPS) is 10.3. The molecule has 94 valence electrons. The van der Waals surface area contributed by atoms with Gasteiger partial charge in [0.05, 0.1) is 7.11 Å². The van der Waals surface area contributed by atoms with Gasteiger partial charge in [-0.05, 0) is 12.5 Å². The van der Waals surface area contributed by atoms with Crippen molar-refractivity contribution >= 4 is 5.78 Å². The van der Waals surface area contributed by atoms with E-state index in [0.29, 0.717) is 18.1 Å². The molecule has 2 heterocycles. The number of aromatic nitrogens is 3. The van der Waals surface area contributed by atoms with Gasteiger partial charge >= 0.3 is 0 Å². The molecule has 0 spiro atoms. The third-order valence-electron chi connectivity index (χ3n) is 2.68. The molecular weight excluding hydrogens is 230 g/mol. The highest BCUT2D eigenvalue weighted by Crippen LogP contribution is 2.09. The molecule has 0 aliphatic heterocycles. The second kappa shape index (κ2) is 5.44. The summed E-state index contributed by atoms with van der Waals surface area (Å²) < 4.78 is 6.80. The summed E-state index contributed by atoms with van der Waals surface area (Å²) in [6.07, 6.45) is 5.40. The summed E-state index contributed by atoms with van der Waals surface area (Å²) in [4.78, 5) is 20.2. The Bertz CT molecular complexity index is 531. The van der Waals surface area contributed by atoms with Crippen molar-refractivity contribution in [1.82, 2.24) is 14.5 Å². The minimum atomic E-state index is -0.00573. The zero-order valence-corrected chi connectivity index (χ0v) is 10.5. The zero-order valence-electron chi connectivity index (χ0n) is 10.5. The van der Waals surface area contributed by atoms with Crippen molar-refractivity contribution in [3.8, 4) is 5.88 Å². The first-order valence-electron chi connectivity index (χ1n) is 5.78. The third-order valence-corrected chi connectivity index (χ3v) is 2.68. The summed E-state index contributed by atoms with van der Waals surface area (Å²) in [7, 11) is 1.56. The second-order valence-corrected chi connectivity index (χ2v) is 3.85. The molecule has 2 aromatic heterocycles. The number of methoxy groups -OCH3 is 1. The Balaban J connectivity index is 2.11. The first-order valence-corrected chi connectivity index (χ1v) is 5.78. The molecule has 0 aromatic carbocycles. The van der Waals surface area contributed by atoms with E-state index in [4.69, 9.17) is 4.74 Å². The van der Waals surface area contributed by atoms with Gasteiger partial charge in [-0.1, -0.05) is 6.07 Å².